The highest BCUT2D eigenvalue weighted by Gasteiger charge is 2.31. The lowest BCUT2D eigenvalue weighted by Crippen LogP contribution is -2.30. The monoisotopic (exact) mass is 823 g/mol. The van der Waals surface area contributed by atoms with Crippen molar-refractivity contribution in [1.29, 1.82) is 0 Å². The number of esters is 1. The molecule has 0 aliphatic carbocycles. The SMILES string of the molecule is COc1c(Cl)ccc(Cl)c1C(=O)O.CP(=O)(O)CCC(N)C(=O)O.C[C@H](OC(=O)c1cc(Oc2ccc(C(F)(F)F)cc2Cl)ccc1Cl)C(=O)O. The van der Waals surface area contributed by atoms with Gasteiger partial charge in [-0.3, -0.25) is 9.36 Å². The summed E-state index contributed by atoms with van der Waals surface area (Å²) >= 11 is 23.1. The third-order valence-corrected chi connectivity index (χ3v) is 8.25. The quantitative estimate of drug-likeness (QED) is 0.0921. The zero-order valence-electron chi connectivity index (χ0n) is 26.4. The van der Waals surface area contributed by atoms with E-state index < -0.39 is 55.1 Å². The molecule has 2 unspecified atom stereocenters. The maximum Gasteiger partial charge on any atom is 0.416 e. The summed E-state index contributed by atoms with van der Waals surface area (Å²) in [5.74, 6) is -4.60. The minimum Gasteiger partial charge on any atom is -0.494 e. The van der Waals surface area contributed by atoms with Gasteiger partial charge in [-0.15, -0.1) is 0 Å². The summed E-state index contributed by atoms with van der Waals surface area (Å²) in [6.45, 7) is 2.35. The van der Waals surface area contributed by atoms with E-state index in [1.807, 2.05) is 0 Å². The van der Waals surface area contributed by atoms with Crippen LogP contribution in [0.15, 0.2) is 48.5 Å². The van der Waals surface area contributed by atoms with Crippen LogP contribution in [-0.4, -0.2) is 76.2 Å². The topological polar surface area (TPSA) is 220 Å². The van der Waals surface area contributed by atoms with E-state index in [4.69, 9.17) is 86.6 Å². The number of alkyl halides is 3. The lowest BCUT2D eigenvalue weighted by atomic mass is 10.2. The number of halogens is 7. The molecule has 6 N–H and O–H groups in total. The van der Waals surface area contributed by atoms with Crippen LogP contribution in [0.1, 0.15) is 39.6 Å². The fourth-order valence-electron chi connectivity index (χ4n) is 3.32. The van der Waals surface area contributed by atoms with E-state index in [2.05, 4.69) is 0 Å². The van der Waals surface area contributed by atoms with Gasteiger partial charge in [0.1, 0.15) is 23.1 Å². The second-order valence-electron chi connectivity index (χ2n) is 10.0. The number of hydrogen-bond acceptors (Lipinski definition) is 9. The van der Waals surface area contributed by atoms with Crippen LogP contribution in [0, 0.1) is 0 Å². The van der Waals surface area contributed by atoms with Gasteiger partial charge in [0.15, 0.2) is 19.2 Å². The first-order chi connectivity index (χ1) is 23.4. The van der Waals surface area contributed by atoms with Crippen LogP contribution in [0.2, 0.25) is 20.1 Å². The van der Waals surface area contributed by atoms with Gasteiger partial charge in [0.2, 0.25) is 0 Å². The normalized spacial score (nSPS) is 13.1. The second kappa shape index (κ2) is 19.7. The van der Waals surface area contributed by atoms with E-state index in [0.717, 1.165) is 25.1 Å². The number of aliphatic carboxylic acids is 2. The number of nitrogens with two attached hydrogens (primary N) is 1. The van der Waals surface area contributed by atoms with Crippen molar-refractivity contribution in [2.24, 2.45) is 5.73 Å². The number of methoxy groups -OCH3 is 1. The van der Waals surface area contributed by atoms with Crippen molar-refractivity contribution in [1.82, 2.24) is 0 Å². The van der Waals surface area contributed by atoms with E-state index >= 15 is 0 Å². The number of carbonyl (C=O) groups is 4. The molecule has 3 aromatic rings. The summed E-state index contributed by atoms with van der Waals surface area (Å²) in [5, 5.41) is 25.9. The molecular weight excluding hydrogens is 796 g/mol. The zero-order valence-corrected chi connectivity index (χ0v) is 30.3. The standard InChI is InChI=1S/C17H11Cl2F3O5.C8H6Cl2O3.C5H12NO4P/c1-8(15(23)24)26-16(25)11-7-10(3-4-12(11)18)27-14-5-2-9(6-13(14)19)17(20,21)22;1-13-7-5(10)3-2-4(9)6(7)8(11)12;1-11(9,10)3-2-4(6)5(7)8/h2-8H,1H3,(H,23,24);2-3H,1H3,(H,11,12);4H,2-3,6H2,1H3,(H,7,8)(H,9,10)/t8-;;/m0../s1. The maximum atomic E-state index is 12.7. The maximum absolute atomic E-state index is 12.7. The Morgan fingerprint density at radius 3 is 1.90 bits per heavy atom. The number of rotatable bonds is 11. The van der Waals surface area contributed by atoms with Crippen molar-refractivity contribution in [2.75, 3.05) is 19.9 Å². The highest BCUT2D eigenvalue weighted by molar-refractivity contribution is 7.57. The Morgan fingerprint density at radius 1 is 0.882 bits per heavy atom. The minimum absolute atomic E-state index is 0.0246. The number of carboxylic acids is 3. The van der Waals surface area contributed by atoms with Crippen molar-refractivity contribution in [3.05, 3.63) is 85.3 Å². The van der Waals surface area contributed by atoms with Gasteiger partial charge < -0.3 is 40.2 Å². The van der Waals surface area contributed by atoms with E-state index in [-0.39, 0.29) is 61.0 Å². The molecule has 0 aromatic heterocycles. The fourth-order valence-corrected chi connectivity index (χ4v) is 4.96. The lowest BCUT2D eigenvalue weighted by molar-refractivity contribution is -0.146. The van der Waals surface area contributed by atoms with Crippen LogP contribution in [0.4, 0.5) is 13.2 Å². The Labute approximate surface area is 308 Å². The molecule has 21 heteroatoms. The van der Waals surface area contributed by atoms with Crippen LogP contribution >= 0.6 is 53.8 Å². The number of benzene rings is 3. The third kappa shape index (κ3) is 15.2. The predicted octanol–water partition coefficient (Wildman–Crippen LogP) is 7.82. The minimum atomic E-state index is -4.56. The van der Waals surface area contributed by atoms with Crippen LogP contribution in [0.25, 0.3) is 0 Å². The Balaban J connectivity index is 0.000000448. The average Bonchev–Trinajstić information content (AvgIpc) is 3.01. The highest BCUT2D eigenvalue weighted by atomic mass is 35.5. The molecule has 51 heavy (non-hydrogen) atoms. The predicted molar refractivity (Wildman–Crippen MR) is 181 cm³/mol. The third-order valence-electron chi connectivity index (χ3n) is 5.93. The van der Waals surface area contributed by atoms with Crippen LogP contribution in [-0.2, 0) is 25.1 Å². The summed E-state index contributed by atoms with van der Waals surface area (Å²) in [4.78, 5) is 52.4. The molecule has 280 valence electrons. The van der Waals surface area contributed by atoms with E-state index in [1.165, 1.54) is 38.0 Å². The fraction of sp³-hybridized carbons (Fsp3) is 0.267. The van der Waals surface area contributed by atoms with Gasteiger partial charge in [-0.1, -0.05) is 46.4 Å². The summed E-state index contributed by atoms with van der Waals surface area (Å²) in [6.07, 6.45) is -5.96. The van der Waals surface area contributed by atoms with Crippen molar-refractivity contribution in [3.8, 4) is 17.2 Å². The number of hydrogen-bond donors (Lipinski definition) is 5. The van der Waals surface area contributed by atoms with Gasteiger partial charge in [0.05, 0.1) is 38.3 Å². The summed E-state index contributed by atoms with van der Waals surface area (Å²) in [6, 6.07) is 8.19. The molecule has 0 bridgehead atoms. The molecule has 0 amide bonds. The molecule has 3 atom stereocenters. The summed E-state index contributed by atoms with van der Waals surface area (Å²) in [7, 11) is -1.77. The molecule has 3 aromatic carbocycles. The van der Waals surface area contributed by atoms with E-state index in [9.17, 15) is 36.9 Å². The molecule has 0 spiro atoms. The summed E-state index contributed by atoms with van der Waals surface area (Å²) < 4.78 is 63.6. The second-order valence-corrected chi connectivity index (χ2v) is 14.2. The van der Waals surface area contributed by atoms with Gasteiger partial charge in [-0.25, -0.2) is 14.4 Å². The molecule has 0 saturated heterocycles. The first-order valence-corrected chi connectivity index (χ1v) is 17.5. The van der Waals surface area contributed by atoms with Crippen molar-refractivity contribution < 1.29 is 71.3 Å². The molecule has 0 aliphatic heterocycles. The van der Waals surface area contributed by atoms with Crippen molar-refractivity contribution in [3.63, 3.8) is 0 Å². The Kier molecular flexibility index (Phi) is 17.5. The Bertz CT molecular complexity index is 1790. The molecule has 0 heterocycles. The number of aromatic carboxylic acids is 1. The first kappa shape index (κ1) is 45.3. The van der Waals surface area contributed by atoms with Gasteiger partial charge in [0, 0.05) is 12.8 Å². The van der Waals surface area contributed by atoms with Crippen molar-refractivity contribution >= 4 is 77.6 Å². The number of carboxylic acid groups (broad SMARTS) is 3. The van der Waals surface area contributed by atoms with Gasteiger partial charge in [-0.2, -0.15) is 13.2 Å². The zero-order chi connectivity index (χ0) is 39.4. The molecule has 13 nitrogen and oxygen atoms in total. The molecule has 3 rings (SSSR count). The highest BCUT2D eigenvalue weighted by Crippen LogP contribution is 2.38. The van der Waals surface area contributed by atoms with Crippen LogP contribution in [0.5, 0.6) is 17.2 Å². The van der Waals surface area contributed by atoms with Gasteiger partial charge in [-0.05, 0) is 61.9 Å². The largest absolute Gasteiger partial charge is 0.494 e. The van der Waals surface area contributed by atoms with Crippen LogP contribution in [0.3, 0.4) is 0 Å². The molecule has 0 fully saturated rings. The van der Waals surface area contributed by atoms with E-state index in [0.29, 0.717) is 6.07 Å². The lowest BCUT2D eigenvalue weighted by Gasteiger charge is -2.13. The van der Waals surface area contributed by atoms with E-state index in [1.54, 1.807) is 0 Å². The molecule has 0 saturated carbocycles. The summed E-state index contributed by atoms with van der Waals surface area (Å²) in [5.41, 5.74) is 3.86. The molecular formula is C30H29Cl4F3NO12P. The number of carbonyl (C=O) groups excluding carboxylic acids is 1. The van der Waals surface area contributed by atoms with Gasteiger partial charge >= 0.3 is 30.1 Å². The molecule has 0 radical (unpaired) electrons. The van der Waals surface area contributed by atoms with Crippen molar-refractivity contribution in [2.45, 2.75) is 31.7 Å². The first-order valence-electron chi connectivity index (χ1n) is 13.7. The molecule has 0 aliphatic rings. The average molecular weight is 825 g/mol. The number of ether oxygens (including phenoxy) is 3. The Hall–Kier alpha value is -3.76. The Morgan fingerprint density at radius 2 is 1.45 bits per heavy atom. The van der Waals surface area contributed by atoms with Gasteiger partial charge in [0.25, 0.3) is 0 Å². The van der Waals surface area contributed by atoms with Crippen LogP contribution < -0.4 is 15.2 Å². The smallest absolute Gasteiger partial charge is 0.416 e.